The minimum absolute atomic E-state index is 0.117. The van der Waals surface area contributed by atoms with E-state index < -0.39 is 6.04 Å². The summed E-state index contributed by atoms with van der Waals surface area (Å²) >= 11 is 0. The van der Waals surface area contributed by atoms with Gasteiger partial charge >= 0.3 is 0 Å². The SMILES string of the molecule is C[C@@H](N)C(=O)NCCCCCC(=O)c1ccc2c(c1)CC(=O)C2. The first-order valence-electron chi connectivity index (χ1n) is 8.17. The zero-order valence-corrected chi connectivity index (χ0v) is 13.6. The highest BCUT2D eigenvalue weighted by Gasteiger charge is 2.19. The third kappa shape index (κ3) is 4.99. The zero-order valence-electron chi connectivity index (χ0n) is 13.6. The number of benzene rings is 1. The van der Waals surface area contributed by atoms with Gasteiger partial charge in [-0.15, -0.1) is 0 Å². The highest BCUT2D eigenvalue weighted by atomic mass is 16.2. The lowest BCUT2D eigenvalue weighted by molar-refractivity contribution is -0.122. The Bertz CT molecular complexity index is 608. The third-order valence-corrected chi connectivity index (χ3v) is 4.10. The molecule has 0 heterocycles. The minimum atomic E-state index is -0.483. The molecule has 1 atom stereocenters. The first-order valence-corrected chi connectivity index (χ1v) is 8.17. The summed E-state index contributed by atoms with van der Waals surface area (Å²) < 4.78 is 0. The molecule has 0 spiro atoms. The van der Waals surface area contributed by atoms with E-state index in [0.717, 1.165) is 30.4 Å². The Kier molecular flexibility index (Phi) is 6.04. The number of hydrogen-bond donors (Lipinski definition) is 2. The molecule has 23 heavy (non-hydrogen) atoms. The van der Waals surface area contributed by atoms with Gasteiger partial charge in [0.15, 0.2) is 5.78 Å². The summed E-state index contributed by atoms with van der Waals surface area (Å²) in [5.74, 6) is 0.193. The maximum atomic E-state index is 12.2. The van der Waals surface area contributed by atoms with Crippen LogP contribution < -0.4 is 11.1 Å². The van der Waals surface area contributed by atoms with Crippen LogP contribution in [0, 0.1) is 0 Å². The molecule has 0 radical (unpaired) electrons. The lowest BCUT2D eigenvalue weighted by Crippen LogP contribution is -2.38. The van der Waals surface area contributed by atoms with Crippen LogP contribution in [0.25, 0.3) is 0 Å². The molecule has 0 unspecified atom stereocenters. The molecule has 1 aromatic carbocycles. The van der Waals surface area contributed by atoms with E-state index in [9.17, 15) is 14.4 Å². The molecule has 1 amide bonds. The van der Waals surface area contributed by atoms with Gasteiger partial charge in [-0.05, 0) is 37.0 Å². The van der Waals surface area contributed by atoms with E-state index in [-0.39, 0.29) is 17.5 Å². The van der Waals surface area contributed by atoms with Crippen molar-refractivity contribution in [3.8, 4) is 0 Å². The van der Waals surface area contributed by atoms with Crippen molar-refractivity contribution in [3.05, 3.63) is 34.9 Å². The van der Waals surface area contributed by atoms with E-state index in [2.05, 4.69) is 5.32 Å². The zero-order chi connectivity index (χ0) is 16.8. The molecule has 0 saturated carbocycles. The molecule has 0 aliphatic heterocycles. The van der Waals surface area contributed by atoms with Crippen molar-refractivity contribution in [1.82, 2.24) is 5.32 Å². The first kappa shape index (κ1) is 17.3. The Morgan fingerprint density at radius 2 is 1.91 bits per heavy atom. The second-order valence-electron chi connectivity index (χ2n) is 6.19. The van der Waals surface area contributed by atoms with E-state index >= 15 is 0 Å². The maximum Gasteiger partial charge on any atom is 0.236 e. The van der Waals surface area contributed by atoms with Gasteiger partial charge in [0.2, 0.25) is 5.91 Å². The second kappa shape index (κ2) is 8.02. The van der Waals surface area contributed by atoms with E-state index in [1.807, 2.05) is 18.2 Å². The summed E-state index contributed by atoms with van der Waals surface area (Å²) in [4.78, 5) is 34.9. The predicted molar refractivity (Wildman–Crippen MR) is 88.3 cm³/mol. The highest BCUT2D eigenvalue weighted by Crippen LogP contribution is 2.21. The van der Waals surface area contributed by atoms with Gasteiger partial charge in [0.05, 0.1) is 6.04 Å². The molecule has 0 saturated heterocycles. The number of rotatable bonds is 8. The van der Waals surface area contributed by atoms with Crippen molar-refractivity contribution in [3.63, 3.8) is 0 Å². The van der Waals surface area contributed by atoms with Crippen molar-refractivity contribution in [1.29, 1.82) is 0 Å². The Morgan fingerprint density at radius 1 is 1.17 bits per heavy atom. The van der Waals surface area contributed by atoms with Crippen LogP contribution in [0.3, 0.4) is 0 Å². The molecule has 124 valence electrons. The number of carbonyl (C=O) groups excluding carboxylic acids is 3. The monoisotopic (exact) mass is 316 g/mol. The number of ketones is 2. The van der Waals surface area contributed by atoms with E-state index in [4.69, 9.17) is 5.73 Å². The molecule has 0 fully saturated rings. The average molecular weight is 316 g/mol. The van der Waals surface area contributed by atoms with Gasteiger partial charge in [0.1, 0.15) is 5.78 Å². The molecule has 0 aromatic heterocycles. The van der Waals surface area contributed by atoms with Crippen molar-refractivity contribution >= 4 is 17.5 Å². The smallest absolute Gasteiger partial charge is 0.236 e. The number of unbranched alkanes of at least 4 members (excludes halogenated alkanes) is 2. The number of fused-ring (bicyclic) bond motifs is 1. The van der Waals surface area contributed by atoms with Gasteiger partial charge in [-0.2, -0.15) is 0 Å². The molecule has 5 heteroatoms. The summed E-state index contributed by atoms with van der Waals surface area (Å²) in [5.41, 5.74) is 8.20. The van der Waals surface area contributed by atoms with Crippen molar-refractivity contribution in [2.75, 3.05) is 6.54 Å². The Hall–Kier alpha value is -2.01. The molecule has 0 bridgehead atoms. The van der Waals surface area contributed by atoms with Crippen LogP contribution in [0.15, 0.2) is 18.2 Å². The van der Waals surface area contributed by atoms with E-state index in [1.54, 1.807) is 6.92 Å². The van der Waals surface area contributed by atoms with Crippen LogP contribution in [-0.4, -0.2) is 30.1 Å². The molecular formula is C18H24N2O3. The fourth-order valence-electron chi connectivity index (χ4n) is 2.73. The number of nitrogens with two attached hydrogens (primary N) is 1. The first-order chi connectivity index (χ1) is 11.0. The van der Waals surface area contributed by atoms with Gasteiger partial charge in [0.25, 0.3) is 0 Å². The Balaban J connectivity index is 1.69. The van der Waals surface area contributed by atoms with Crippen LogP contribution in [0.2, 0.25) is 0 Å². The third-order valence-electron chi connectivity index (χ3n) is 4.10. The predicted octanol–water partition coefficient (Wildman–Crippen LogP) is 1.56. The average Bonchev–Trinajstić information content (AvgIpc) is 2.89. The Morgan fingerprint density at radius 3 is 2.65 bits per heavy atom. The summed E-state index contributed by atoms with van der Waals surface area (Å²) in [6.45, 7) is 2.24. The van der Waals surface area contributed by atoms with E-state index in [0.29, 0.717) is 31.4 Å². The lowest BCUT2D eigenvalue weighted by atomic mass is 10.0. The van der Waals surface area contributed by atoms with Gasteiger partial charge in [-0.3, -0.25) is 14.4 Å². The molecule has 3 N–H and O–H groups in total. The number of nitrogens with one attached hydrogen (secondary N) is 1. The number of hydrogen-bond acceptors (Lipinski definition) is 4. The van der Waals surface area contributed by atoms with Crippen LogP contribution >= 0.6 is 0 Å². The topological polar surface area (TPSA) is 89.3 Å². The van der Waals surface area contributed by atoms with Crippen molar-refractivity contribution in [2.24, 2.45) is 5.73 Å². The van der Waals surface area contributed by atoms with Gasteiger partial charge in [0, 0.05) is 31.4 Å². The molecule has 5 nitrogen and oxygen atoms in total. The number of Topliss-reactive ketones (excluding diaryl/α,β-unsaturated/α-hetero) is 2. The van der Waals surface area contributed by atoms with E-state index in [1.165, 1.54) is 0 Å². The molecule has 2 rings (SSSR count). The lowest BCUT2D eigenvalue weighted by Gasteiger charge is -2.07. The Labute approximate surface area is 136 Å². The summed E-state index contributed by atoms with van der Waals surface area (Å²) in [6.07, 6.45) is 3.96. The van der Waals surface area contributed by atoms with Crippen LogP contribution in [0.1, 0.15) is 54.1 Å². The highest BCUT2D eigenvalue weighted by molar-refractivity contribution is 5.97. The fraction of sp³-hybridized carbons (Fsp3) is 0.500. The molecule has 1 aliphatic carbocycles. The van der Waals surface area contributed by atoms with Crippen LogP contribution in [0.4, 0.5) is 0 Å². The molecule has 1 aliphatic rings. The van der Waals surface area contributed by atoms with Crippen LogP contribution in [0.5, 0.6) is 0 Å². The summed E-state index contributed by atoms with van der Waals surface area (Å²) in [5, 5.41) is 2.75. The van der Waals surface area contributed by atoms with Crippen molar-refractivity contribution < 1.29 is 14.4 Å². The molecular weight excluding hydrogens is 292 g/mol. The maximum absolute atomic E-state index is 12.2. The number of amides is 1. The minimum Gasteiger partial charge on any atom is -0.355 e. The normalized spacial score (nSPS) is 14.4. The van der Waals surface area contributed by atoms with Crippen molar-refractivity contribution in [2.45, 2.75) is 51.5 Å². The van der Waals surface area contributed by atoms with Crippen LogP contribution in [-0.2, 0) is 22.4 Å². The standard InChI is InChI=1S/C18H24N2O3/c1-12(19)18(23)20-8-4-2-3-5-17(22)14-7-6-13-10-16(21)11-15(13)9-14/h6-7,9,12H,2-5,8,10-11,19H2,1H3,(H,20,23)/t12-/m1/s1. The summed E-state index contributed by atoms with van der Waals surface area (Å²) in [6, 6.07) is 5.11. The van der Waals surface area contributed by atoms with Gasteiger partial charge in [-0.25, -0.2) is 0 Å². The largest absolute Gasteiger partial charge is 0.355 e. The summed E-state index contributed by atoms with van der Waals surface area (Å²) in [7, 11) is 0. The second-order valence-corrected chi connectivity index (χ2v) is 6.19. The quantitative estimate of drug-likeness (QED) is 0.562. The van der Waals surface area contributed by atoms with Gasteiger partial charge < -0.3 is 11.1 Å². The fourth-order valence-corrected chi connectivity index (χ4v) is 2.73. The van der Waals surface area contributed by atoms with Gasteiger partial charge in [-0.1, -0.05) is 18.6 Å². The molecule has 1 aromatic rings. The number of carbonyl (C=O) groups is 3.